The van der Waals surface area contributed by atoms with E-state index in [2.05, 4.69) is 10.1 Å². The van der Waals surface area contributed by atoms with E-state index in [1.165, 1.54) is 11.3 Å². The van der Waals surface area contributed by atoms with Gasteiger partial charge in [-0.25, -0.2) is 9.79 Å². The highest BCUT2D eigenvalue weighted by molar-refractivity contribution is 7.07. The van der Waals surface area contributed by atoms with Crippen molar-refractivity contribution in [1.29, 1.82) is 0 Å². The molecule has 0 amide bonds. The molecule has 8 heteroatoms. The Hall–Kier alpha value is -3.26. The second-order valence-electron chi connectivity index (χ2n) is 7.24. The van der Waals surface area contributed by atoms with E-state index in [0.29, 0.717) is 20.6 Å². The number of hydrogen-bond donors (Lipinski definition) is 0. The number of fused-ring (bicyclic) bond motifs is 1. The maximum Gasteiger partial charge on any atom is 0.338 e. The van der Waals surface area contributed by atoms with E-state index in [1.807, 2.05) is 61.1 Å². The van der Waals surface area contributed by atoms with E-state index >= 15 is 0 Å². The fourth-order valence-corrected chi connectivity index (χ4v) is 4.76. The standard InChI is InChI=1S/C23H24N4O3S/c1-5-26-13-17(14(3)25-26)12-18-21(28)27-20(16-10-8-7-9-11-16)19(22(29)30-6-2)15(4)24-23(27)31-18/h7-13,20H,5-6H2,1-4H3/b18-12-/t20-/m0/s1. The van der Waals surface area contributed by atoms with E-state index in [1.54, 1.807) is 18.4 Å². The first kappa shape index (κ1) is 21.0. The minimum Gasteiger partial charge on any atom is -0.463 e. The Bertz CT molecular complexity index is 1350. The van der Waals surface area contributed by atoms with Gasteiger partial charge in [0.2, 0.25) is 0 Å². The molecule has 0 aliphatic carbocycles. The number of carbonyl (C=O) groups is 1. The molecule has 0 saturated carbocycles. The van der Waals surface area contributed by atoms with E-state index in [0.717, 1.165) is 23.4 Å². The first-order chi connectivity index (χ1) is 14.9. The number of aromatic nitrogens is 3. The summed E-state index contributed by atoms with van der Waals surface area (Å²) in [6, 6.07) is 8.93. The van der Waals surface area contributed by atoms with Gasteiger partial charge in [0.25, 0.3) is 5.56 Å². The fourth-order valence-electron chi connectivity index (χ4n) is 3.72. The van der Waals surface area contributed by atoms with Crippen LogP contribution in [0.15, 0.2) is 57.6 Å². The summed E-state index contributed by atoms with van der Waals surface area (Å²) in [6.45, 7) is 8.50. The average molecular weight is 437 g/mol. The largest absolute Gasteiger partial charge is 0.463 e. The molecule has 160 valence electrons. The zero-order chi connectivity index (χ0) is 22.1. The summed E-state index contributed by atoms with van der Waals surface area (Å²) >= 11 is 1.32. The topological polar surface area (TPSA) is 78.5 Å². The number of benzene rings is 1. The highest BCUT2D eigenvalue weighted by atomic mass is 32.1. The van der Waals surface area contributed by atoms with Gasteiger partial charge in [0.05, 0.1) is 34.1 Å². The number of aryl methyl sites for hydroxylation is 2. The number of carbonyl (C=O) groups excluding carboxylic acids is 1. The minimum absolute atomic E-state index is 0.185. The van der Waals surface area contributed by atoms with Gasteiger partial charge in [-0.3, -0.25) is 14.0 Å². The van der Waals surface area contributed by atoms with Crippen LogP contribution >= 0.6 is 11.3 Å². The Labute approximate surface area is 183 Å². The second kappa shape index (κ2) is 8.47. The Balaban J connectivity index is 1.95. The van der Waals surface area contributed by atoms with Crippen LogP contribution < -0.4 is 14.9 Å². The van der Waals surface area contributed by atoms with E-state index in [4.69, 9.17) is 4.74 Å². The van der Waals surface area contributed by atoms with Crippen molar-refractivity contribution in [2.75, 3.05) is 6.61 Å². The maximum atomic E-state index is 13.5. The SMILES string of the molecule is CCOC(=O)C1=C(C)N=c2s/c(=C\c3cn(CC)nc3C)c(=O)n2[C@H]1c1ccccc1. The molecule has 0 fully saturated rings. The van der Waals surface area contributed by atoms with Crippen LogP contribution in [0.1, 0.15) is 43.6 Å². The van der Waals surface area contributed by atoms with E-state index in [9.17, 15) is 9.59 Å². The van der Waals surface area contributed by atoms with Crippen LogP contribution in [0, 0.1) is 6.92 Å². The molecule has 0 unspecified atom stereocenters. The number of ether oxygens (including phenoxy) is 1. The van der Waals surface area contributed by atoms with Gasteiger partial charge in [-0.1, -0.05) is 41.7 Å². The molecular weight excluding hydrogens is 412 g/mol. The van der Waals surface area contributed by atoms with Crippen LogP contribution in [0.4, 0.5) is 0 Å². The van der Waals surface area contributed by atoms with Crippen molar-refractivity contribution in [1.82, 2.24) is 14.3 Å². The number of esters is 1. The third kappa shape index (κ3) is 3.79. The third-order valence-electron chi connectivity index (χ3n) is 5.23. The molecule has 1 aliphatic rings. The maximum absolute atomic E-state index is 13.5. The Morgan fingerprint density at radius 3 is 2.61 bits per heavy atom. The molecule has 3 heterocycles. The predicted molar refractivity (Wildman–Crippen MR) is 119 cm³/mol. The van der Waals surface area contributed by atoms with Gasteiger partial charge in [-0.05, 0) is 39.3 Å². The van der Waals surface area contributed by atoms with Crippen LogP contribution in [0.25, 0.3) is 6.08 Å². The predicted octanol–water partition coefficient (Wildman–Crippen LogP) is 2.32. The molecule has 0 bridgehead atoms. The highest BCUT2D eigenvalue weighted by Gasteiger charge is 2.33. The van der Waals surface area contributed by atoms with Crippen molar-refractivity contribution in [3.8, 4) is 0 Å². The van der Waals surface area contributed by atoms with Gasteiger partial charge >= 0.3 is 5.97 Å². The molecule has 0 saturated heterocycles. The molecule has 1 aromatic carbocycles. The fraction of sp³-hybridized carbons (Fsp3) is 0.304. The van der Waals surface area contributed by atoms with Crippen molar-refractivity contribution in [2.45, 2.75) is 40.3 Å². The molecule has 0 spiro atoms. The van der Waals surface area contributed by atoms with Crippen LogP contribution in [-0.2, 0) is 16.1 Å². The third-order valence-corrected chi connectivity index (χ3v) is 6.21. The van der Waals surface area contributed by atoms with Gasteiger partial charge in [0.15, 0.2) is 4.80 Å². The van der Waals surface area contributed by atoms with Crippen molar-refractivity contribution < 1.29 is 9.53 Å². The number of allylic oxidation sites excluding steroid dienone is 1. The first-order valence-corrected chi connectivity index (χ1v) is 11.0. The number of rotatable bonds is 5. The molecule has 1 atom stereocenters. The smallest absolute Gasteiger partial charge is 0.338 e. The van der Waals surface area contributed by atoms with Crippen LogP contribution in [-0.4, -0.2) is 26.9 Å². The van der Waals surface area contributed by atoms with Crippen LogP contribution in [0.2, 0.25) is 0 Å². The summed E-state index contributed by atoms with van der Waals surface area (Å²) in [7, 11) is 0. The molecule has 0 N–H and O–H groups in total. The van der Waals surface area contributed by atoms with Gasteiger partial charge in [-0.2, -0.15) is 5.10 Å². The lowest BCUT2D eigenvalue weighted by atomic mass is 9.96. The lowest BCUT2D eigenvalue weighted by molar-refractivity contribution is -0.139. The zero-order valence-electron chi connectivity index (χ0n) is 18.0. The molecule has 31 heavy (non-hydrogen) atoms. The lowest BCUT2D eigenvalue weighted by Crippen LogP contribution is -2.39. The van der Waals surface area contributed by atoms with Gasteiger partial charge < -0.3 is 4.74 Å². The molecule has 7 nitrogen and oxygen atoms in total. The molecular formula is C23H24N4O3S. The van der Waals surface area contributed by atoms with Crippen molar-refractivity contribution in [2.24, 2.45) is 4.99 Å². The Morgan fingerprint density at radius 2 is 1.97 bits per heavy atom. The van der Waals surface area contributed by atoms with Crippen LogP contribution in [0.5, 0.6) is 0 Å². The normalized spacial score (nSPS) is 16.3. The average Bonchev–Trinajstić information content (AvgIpc) is 3.27. The molecule has 3 aromatic rings. The quantitative estimate of drug-likeness (QED) is 0.575. The van der Waals surface area contributed by atoms with Gasteiger partial charge in [0, 0.05) is 18.3 Å². The second-order valence-corrected chi connectivity index (χ2v) is 8.25. The van der Waals surface area contributed by atoms with Gasteiger partial charge in [-0.15, -0.1) is 0 Å². The van der Waals surface area contributed by atoms with E-state index < -0.39 is 12.0 Å². The molecule has 4 rings (SSSR count). The molecule has 0 radical (unpaired) electrons. The highest BCUT2D eigenvalue weighted by Crippen LogP contribution is 2.30. The van der Waals surface area contributed by atoms with Crippen molar-refractivity contribution >= 4 is 23.4 Å². The minimum atomic E-state index is -0.585. The van der Waals surface area contributed by atoms with Crippen molar-refractivity contribution in [3.63, 3.8) is 0 Å². The monoisotopic (exact) mass is 436 g/mol. The summed E-state index contributed by atoms with van der Waals surface area (Å²) in [4.78, 5) is 31.5. The molecule has 1 aliphatic heterocycles. The Morgan fingerprint density at radius 1 is 1.23 bits per heavy atom. The Kier molecular flexibility index (Phi) is 5.73. The summed E-state index contributed by atoms with van der Waals surface area (Å²) in [5.74, 6) is -0.452. The summed E-state index contributed by atoms with van der Waals surface area (Å²) in [5.41, 5.74) is 3.36. The summed E-state index contributed by atoms with van der Waals surface area (Å²) < 4.78 is 9.30. The van der Waals surface area contributed by atoms with E-state index in [-0.39, 0.29) is 12.2 Å². The lowest BCUT2D eigenvalue weighted by Gasteiger charge is -2.24. The summed E-state index contributed by atoms with van der Waals surface area (Å²) in [6.07, 6.45) is 3.78. The number of nitrogens with zero attached hydrogens (tertiary/aromatic N) is 4. The van der Waals surface area contributed by atoms with Crippen molar-refractivity contribution in [3.05, 3.63) is 84.3 Å². The number of hydrogen-bond acceptors (Lipinski definition) is 6. The van der Waals surface area contributed by atoms with Crippen LogP contribution in [0.3, 0.4) is 0 Å². The number of thiazole rings is 1. The summed E-state index contributed by atoms with van der Waals surface area (Å²) in [5, 5.41) is 4.46. The van der Waals surface area contributed by atoms with Gasteiger partial charge in [0.1, 0.15) is 0 Å². The molecule has 2 aromatic heterocycles. The first-order valence-electron chi connectivity index (χ1n) is 10.2. The zero-order valence-corrected chi connectivity index (χ0v) is 18.8.